The standard InChI is InChI=1S/C14H16N2O/c1-11-6-3-4-8-13(11)16(2)14-9-5-7-12(10-17)15-14/h3-9,17H,10H2,1-2H3. The quantitative estimate of drug-likeness (QED) is 0.877. The van der Waals surface area contributed by atoms with E-state index in [2.05, 4.69) is 24.0 Å². The molecule has 0 fully saturated rings. The van der Waals surface area contributed by atoms with Crippen LogP contribution in [0.2, 0.25) is 0 Å². The smallest absolute Gasteiger partial charge is 0.133 e. The molecule has 1 aromatic carbocycles. The highest BCUT2D eigenvalue weighted by molar-refractivity contribution is 5.62. The molecule has 0 aliphatic heterocycles. The van der Waals surface area contributed by atoms with Gasteiger partial charge in [0.25, 0.3) is 0 Å². The average molecular weight is 228 g/mol. The Labute approximate surface area is 101 Å². The Bertz CT molecular complexity index is 511. The molecule has 2 aromatic rings. The first-order chi connectivity index (χ1) is 8.22. The van der Waals surface area contributed by atoms with E-state index in [9.17, 15) is 0 Å². The molecular weight excluding hydrogens is 212 g/mol. The van der Waals surface area contributed by atoms with Crippen molar-refractivity contribution in [1.82, 2.24) is 4.98 Å². The Morgan fingerprint density at radius 1 is 1.12 bits per heavy atom. The van der Waals surface area contributed by atoms with Crippen LogP contribution in [0.25, 0.3) is 0 Å². The molecule has 0 atom stereocenters. The van der Waals surface area contributed by atoms with Gasteiger partial charge in [0, 0.05) is 12.7 Å². The van der Waals surface area contributed by atoms with Crippen molar-refractivity contribution in [2.45, 2.75) is 13.5 Å². The lowest BCUT2D eigenvalue weighted by molar-refractivity contribution is 0.277. The molecule has 88 valence electrons. The van der Waals surface area contributed by atoms with Gasteiger partial charge >= 0.3 is 0 Å². The molecule has 3 nitrogen and oxygen atoms in total. The van der Waals surface area contributed by atoms with Crippen LogP contribution in [0.4, 0.5) is 11.5 Å². The zero-order valence-corrected chi connectivity index (χ0v) is 10.1. The van der Waals surface area contributed by atoms with E-state index in [0.29, 0.717) is 5.69 Å². The molecule has 17 heavy (non-hydrogen) atoms. The minimum absolute atomic E-state index is 0.0323. The molecule has 0 unspecified atom stereocenters. The summed E-state index contributed by atoms with van der Waals surface area (Å²) in [5.74, 6) is 0.839. The van der Waals surface area contributed by atoms with Crippen molar-refractivity contribution in [2.75, 3.05) is 11.9 Å². The summed E-state index contributed by atoms with van der Waals surface area (Å²) in [5.41, 5.74) is 3.00. The van der Waals surface area contributed by atoms with Gasteiger partial charge < -0.3 is 10.0 Å². The summed E-state index contributed by atoms with van der Waals surface area (Å²) in [6.45, 7) is 2.04. The number of nitrogens with zero attached hydrogens (tertiary/aromatic N) is 2. The first-order valence-electron chi connectivity index (χ1n) is 5.58. The monoisotopic (exact) mass is 228 g/mol. The highest BCUT2D eigenvalue weighted by Crippen LogP contribution is 2.24. The van der Waals surface area contributed by atoms with Crippen LogP contribution in [-0.2, 0) is 6.61 Å². The minimum Gasteiger partial charge on any atom is -0.390 e. The fraction of sp³-hybridized carbons (Fsp3) is 0.214. The second-order valence-corrected chi connectivity index (χ2v) is 3.99. The minimum atomic E-state index is -0.0323. The molecule has 1 aromatic heterocycles. The lowest BCUT2D eigenvalue weighted by Crippen LogP contribution is -2.13. The third-order valence-electron chi connectivity index (χ3n) is 2.77. The van der Waals surface area contributed by atoms with E-state index in [0.717, 1.165) is 11.5 Å². The lowest BCUT2D eigenvalue weighted by Gasteiger charge is -2.20. The SMILES string of the molecule is Cc1ccccc1N(C)c1cccc(CO)n1. The average Bonchev–Trinajstić information content (AvgIpc) is 2.38. The van der Waals surface area contributed by atoms with Crippen molar-refractivity contribution in [3.8, 4) is 0 Å². The van der Waals surface area contributed by atoms with E-state index in [4.69, 9.17) is 5.11 Å². The van der Waals surface area contributed by atoms with Crippen molar-refractivity contribution < 1.29 is 5.11 Å². The number of para-hydroxylation sites is 1. The Kier molecular flexibility index (Phi) is 3.40. The number of hydrogen-bond donors (Lipinski definition) is 1. The van der Waals surface area contributed by atoms with Crippen molar-refractivity contribution >= 4 is 11.5 Å². The molecule has 2 rings (SSSR count). The summed E-state index contributed by atoms with van der Waals surface area (Å²) in [6.07, 6.45) is 0. The first kappa shape index (κ1) is 11.6. The predicted molar refractivity (Wildman–Crippen MR) is 69.4 cm³/mol. The van der Waals surface area contributed by atoms with E-state index in [1.807, 2.05) is 42.3 Å². The van der Waals surface area contributed by atoms with Crippen LogP contribution >= 0.6 is 0 Å². The maximum atomic E-state index is 9.09. The van der Waals surface area contributed by atoms with Crippen LogP contribution in [0.5, 0.6) is 0 Å². The number of aryl methyl sites for hydroxylation is 1. The molecule has 0 bridgehead atoms. The van der Waals surface area contributed by atoms with Crippen LogP contribution in [0.3, 0.4) is 0 Å². The van der Waals surface area contributed by atoms with Gasteiger partial charge in [-0.15, -0.1) is 0 Å². The summed E-state index contributed by atoms with van der Waals surface area (Å²) in [5, 5.41) is 9.09. The van der Waals surface area contributed by atoms with E-state index < -0.39 is 0 Å². The number of aliphatic hydroxyl groups is 1. The molecule has 1 heterocycles. The highest BCUT2D eigenvalue weighted by atomic mass is 16.3. The number of anilines is 2. The lowest BCUT2D eigenvalue weighted by atomic mass is 10.2. The molecule has 3 heteroatoms. The van der Waals surface area contributed by atoms with Gasteiger partial charge in [-0.2, -0.15) is 0 Å². The number of aliphatic hydroxyl groups excluding tert-OH is 1. The summed E-state index contributed by atoms with van der Waals surface area (Å²) in [6, 6.07) is 13.8. The fourth-order valence-electron chi connectivity index (χ4n) is 1.80. The van der Waals surface area contributed by atoms with Crippen molar-refractivity contribution in [1.29, 1.82) is 0 Å². The summed E-state index contributed by atoms with van der Waals surface area (Å²) in [7, 11) is 1.98. The molecule has 0 amide bonds. The van der Waals surface area contributed by atoms with Gasteiger partial charge in [0.15, 0.2) is 0 Å². The van der Waals surface area contributed by atoms with E-state index in [1.54, 1.807) is 0 Å². The first-order valence-corrected chi connectivity index (χ1v) is 5.58. The van der Waals surface area contributed by atoms with Crippen molar-refractivity contribution in [3.05, 3.63) is 53.7 Å². The van der Waals surface area contributed by atoms with Crippen LogP contribution in [-0.4, -0.2) is 17.1 Å². The van der Waals surface area contributed by atoms with Gasteiger partial charge in [-0.1, -0.05) is 24.3 Å². The zero-order valence-electron chi connectivity index (χ0n) is 10.1. The third-order valence-corrected chi connectivity index (χ3v) is 2.77. The van der Waals surface area contributed by atoms with E-state index in [1.165, 1.54) is 5.56 Å². The van der Waals surface area contributed by atoms with E-state index in [-0.39, 0.29) is 6.61 Å². The molecule has 0 aliphatic rings. The Balaban J connectivity index is 2.37. The van der Waals surface area contributed by atoms with Gasteiger partial charge in [0.2, 0.25) is 0 Å². The molecule has 1 N–H and O–H groups in total. The number of rotatable bonds is 3. The van der Waals surface area contributed by atoms with Gasteiger partial charge in [-0.25, -0.2) is 4.98 Å². The Hall–Kier alpha value is -1.87. The summed E-state index contributed by atoms with van der Waals surface area (Å²) < 4.78 is 0. The van der Waals surface area contributed by atoms with Gasteiger partial charge in [0.05, 0.1) is 12.3 Å². The second-order valence-electron chi connectivity index (χ2n) is 3.99. The Morgan fingerprint density at radius 3 is 2.59 bits per heavy atom. The summed E-state index contributed by atoms with van der Waals surface area (Å²) >= 11 is 0. The van der Waals surface area contributed by atoms with Gasteiger partial charge in [0.1, 0.15) is 5.82 Å². The van der Waals surface area contributed by atoms with Crippen LogP contribution in [0.1, 0.15) is 11.3 Å². The van der Waals surface area contributed by atoms with Crippen LogP contribution in [0, 0.1) is 6.92 Å². The van der Waals surface area contributed by atoms with Crippen molar-refractivity contribution in [2.24, 2.45) is 0 Å². The third kappa shape index (κ3) is 2.45. The molecule has 0 saturated heterocycles. The normalized spacial score (nSPS) is 10.3. The highest BCUT2D eigenvalue weighted by Gasteiger charge is 2.07. The molecule has 0 spiro atoms. The Morgan fingerprint density at radius 2 is 1.88 bits per heavy atom. The second kappa shape index (κ2) is 4.97. The maximum absolute atomic E-state index is 9.09. The number of hydrogen-bond acceptors (Lipinski definition) is 3. The molecule has 0 aliphatic carbocycles. The largest absolute Gasteiger partial charge is 0.390 e. The zero-order chi connectivity index (χ0) is 12.3. The van der Waals surface area contributed by atoms with Crippen LogP contribution < -0.4 is 4.90 Å². The predicted octanol–water partition coefficient (Wildman–Crippen LogP) is 2.65. The van der Waals surface area contributed by atoms with Gasteiger partial charge in [-0.05, 0) is 30.7 Å². The molecular formula is C14H16N2O. The topological polar surface area (TPSA) is 36.4 Å². The molecule has 0 saturated carbocycles. The maximum Gasteiger partial charge on any atom is 0.133 e. The number of aromatic nitrogens is 1. The van der Waals surface area contributed by atoms with Crippen LogP contribution in [0.15, 0.2) is 42.5 Å². The van der Waals surface area contributed by atoms with Crippen molar-refractivity contribution in [3.63, 3.8) is 0 Å². The fourth-order valence-corrected chi connectivity index (χ4v) is 1.80. The number of pyridine rings is 1. The number of benzene rings is 1. The van der Waals surface area contributed by atoms with E-state index >= 15 is 0 Å². The summed E-state index contributed by atoms with van der Waals surface area (Å²) in [4.78, 5) is 6.41. The van der Waals surface area contributed by atoms with Gasteiger partial charge in [-0.3, -0.25) is 0 Å². The molecule has 0 radical (unpaired) electrons.